The van der Waals surface area contributed by atoms with Crippen LogP contribution in [0.1, 0.15) is 24.9 Å². The SMILES string of the molecule is CCC(OC)C(=O)NC(C(=O)O)c1ccc(Br)cc1. The molecule has 0 bridgehead atoms. The predicted molar refractivity (Wildman–Crippen MR) is 73.7 cm³/mol. The maximum atomic E-state index is 11.9. The van der Waals surface area contributed by atoms with Gasteiger partial charge in [0.25, 0.3) is 0 Å². The minimum absolute atomic E-state index is 0.430. The normalized spacial score (nSPS) is 13.6. The number of hydrogen-bond acceptors (Lipinski definition) is 3. The highest BCUT2D eigenvalue weighted by molar-refractivity contribution is 9.10. The number of nitrogens with one attached hydrogen (secondary N) is 1. The van der Waals surface area contributed by atoms with Gasteiger partial charge in [0.05, 0.1) is 0 Å². The van der Waals surface area contributed by atoms with Crippen LogP contribution >= 0.6 is 15.9 Å². The Morgan fingerprint density at radius 1 is 1.37 bits per heavy atom. The molecule has 0 aromatic heterocycles. The number of carboxylic acid groups (broad SMARTS) is 1. The summed E-state index contributed by atoms with van der Waals surface area (Å²) in [5.41, 5.74) is 0.509. The third-order valence-electron chi connectivity index (χ3n) is 2.68. The first-order valence-corrected chi connectivity index (χ1v) is 6.60. The molecule has 0 radical (unpaired) electrons. The number of halogens is 1. The molecule has 1 amide bonds. The van der Waals surface area contributed by atoms with E-state index >= 15 is 0 Å². The van der Waals surface area contributed by atoms with Crippen LogP contribution in [0.2, 0.25) is 0 Å². The molecule has 19 heavy (non-hydrogen) atoms. The van der Waals surface area contributed by atoms with Crippen LogP contribution in [0.25, 0.3) is 0 Å². The summed E-state index contributed by atoms with van der Waals surface area (Å²) in [7, 11) is 1.42. The molecule has 0 spiro atoms. The van der Waals surface area contributed by atoms with Gasteiger partial charge in [0.15, 0.2) is 6.04 Å². The minimum atomic E-state index is -1.11. The fourth-order valence-corrected chi connectivity index (χ4v) is 1.90. The highest BCUT2D eigenvalue weighted by atomic mass is 79.9. The van der Waals surface area contributed by atoms with Crippen LogP contribution in [0.5, 0.6) is 0 Å². The summed E-state index contributed by atoms with van der Waals surface area (Å²) >= 11 is 3.27. The van der Waals surface area contributed by atoms with Gasteiger partial charge < -0.3 is 15.2 Å². The number of carbonyl (C=O) groups excluding carboxylic acids is 1. The van der Waals surface area contributed by atoms with Crippen LogP contribution in [0.15, 0.2) is 28.7 Å². The van der Waals surface area contributed by atoms with Crippen molar-refractivity contribution in [3.8, 4) is 0 Å². The van der Waals surface area contributed by atoms with E-state index in [4.69, 9.17) is 4.74 Å². The third-order valence-corrected chi connectivity index (χ3v) is 3.21. The Labute approximate surface area is 120 Å². The van der Waals surface area contributed by atoms with Gasteiger partial charge in [-0.25, -0.2) is 4.79 Å². The van der Waals surface area contributed by atoms with Gasteiger partial charge in [-0.05, 0) is 24.1 Å². The first kappa shape index (κ1) is 15.7. The molecule has 2 atom stereocenters. The van der Waals surface area contributed by atoms with E-state index in [1.54, 1.807) is 31.2 Å². The molecule has 0 aliphatic heterocycles. The first-order chi connectivity index (χ1) is 8.99. The molecule has 0 aliphatic rings. The lowest BCUT2D eigenvalue weighted by molar-refractivity contribution is -0.144. The predicted octanol–water partition coefficient (Wildman–Crippen LogP) is 2.12. The molecule has 5 nitrogen and oxygen atoms in total. The number of methoxy groups -OCH3 is 1. The molecule has 1 rings (SSSR count). The van der Waals surface area contributed by atoms with Crippen LogP contribution in [0, 0.1) is 0 Å². The van der Waals surface area contributed by atoms with Gasteiger partial charge >= 0.3 is 5.97 Å². The van der Waals surface area contributed by atoms with Gasteiger partial charge in [-0.3, -0.25) is 4.79 Å². The zero-order chi connectivity index (χ0) is 14.4. The molecule has 0 aliphatic carbocycles. The van der Waals surface area contributed by atoms with Gasteiger partial charge in [0, 0.05) is 11.6 Å². The third kappa shape index (κ3) is 4.33. The number of aliphatic carboxylic acids is 1. The zero-order valence-corrected chi connectivity index (χ0v) is 12.3. The summed E-state index contributed by atoms with van der Waals surface area (Å²) in [5.74, 6) is -1.54. The van der Waals surface area contributed by atoms with Crippen molar-refractivity contribution >= 4 is 27.8 Å². The van der Waals surface area contributed by atoms with Gasteiger partial charge in [-0.15, -0.1) is 0 Å². The smallest absolute Gasteiger partial charge is 0.330 e. The van der Waals surface area contributed by atoms with Crippen molar-refractivity contribution in [1.82, 2.24) is 5.32 Å². The Hall–Kier alpha value is -1.40. The van der Waals surface area contributed by atoms with Crippen molar-refractivity contribution in [2.24, 2.45) is 0 Å². The Bertz CT molecular complexity index is 442. The summed E-state index contributed by atoms with van der Waals surface area (Å²) in [5, 5.41) is 11.7. The number of benzene rings is 1. The molecular formula is C13H16BrNO4. The summed E-state index contributed by atoms with van der Waals surface area (Å²) < 4.78 is 5.83. The minimum Gasteiger partial charge on any atom is -0.479 e. The van der Waals surface area contributed by atoms with Crippen molar-refractivity contribution in [2.75, 3.05) is 7.11 Å². The average Bonchev–Trinajstić information content (AvgIpc) is 2.38. The zero-order valence-electron chi connectivity index (χ0n) is 10.7. The Kier molecular flexibility index (Phi) is 5.98. The number of amides is 1. The van der Waals surface area contributed by atoms with E-state index in [-0.39, 0.29) is 0 Å². The number of rotatable bonds is 6. The van der Waals surface area contributed by atoms with Crippen molar-refractivity contribution in [3.63, 3.8) is 0 Å². The molecular weight excluding hydrogens is 314 g/mol. The lowest BCUT2D eigenvalue weighted by atomic mass is 10.1. The topological polar surface area (TPSA) is 75.6 Å². The van der Waals surface area contributed by atoms with Crippen molar-refractivity contribution in [2.45, 2.75) is 25.5 Å². The van der Waals surface area contributed by atoms with Gasteiger partial charge in [0.1, 0.15) is 6.10 Å². The van der Waals surface area contributed by atoms with E-state index in [9.17, 15) is 14.7 Å². The number of carbonyl (C=O) groups is 2. The highest BCUT2D eigenvalue weighted by Gasteiger charge is 2.25. The monoisotopic (exact) mass is 329 g/mol. The summed E-state index contributed by atoms with van der Waals surface area (Å²) in [6.45, 7) is 1.79. The van der Waals surface area contributed by atoms with Crippen molar-refractivity contribution in [3.05, 3.63) is 34.3 Å². The lowest BCUT2D eigenvalue weighted by Crippen LogP contribution is -2.40. The van der Waals surface area contributed by atoms with E-state index in [2.05, 4.69) is 21.2 Å². The summed E-state index contributed by atoms with van der Waals surface area (Å²) in [6, 6.07) is 5.67. The first-order valence-electron chi connectivity index (χ1n) is 5.81. The van der Waals surface area contributed by atoms with E-state index in [0.29, 0.717) is 12.0 Å². The molecule has 0 fully saturated rings. The second-order valence-corrected chi connectivity index (χ2v) is 4.88. The van der Waals surface area contributed by atoms with Crippen LogP contribution in [0.4, 0.5) is 0 Å². The van der Waals surface area contributed by atoms with Crippen molar-refractivity contribution in [1.29, 1.82) is 0 Å². The van der Waals surface area contributed by atoms with Crippen molar-refractivity contribution < 1.29 is 19.4 Å². The molecule has 0 saturated carbocycles. The standard InChI is InChI=1S/C13H16BrNO4/c1-3-10(19-2)12(16)15-11(13(17)18)8-4-6-9(14)7-5-8/h4-7,10-11H,3H2,1-2H3,(H,15,16)(H,17,18). The molecule has 104 valence electrons. The molecule has 2 N–H and O–H groups in total. The summed E-state index contributed by atoms with van der Waals surface area (Å²) in [4.78, 5) is 23.1. The van der Waals surface area contributed by atoms with Crippen LogP contribution in [-0.2, 0) is 14.3 Å². The van der Waals surface area contributed by atoms with Gasteiger partial charge in [-0.2, -0.15) is 0 Å². The lowest BCUT2D eigenvalue weighted by Gasteiger charge is -2.18. The van der Waals surface area contributed by atoms with E-state index in [1.807, 2.05) is 0 Å². The van der Waals surface area contributed by atoms with E-state index in [0.717, 1.165) is 4.47 Å². The van der Waals surface area contributed by atoms with E-state index < -0.39 is 24.0 Å². The molecule has 1 aromatic rings. The second kappa shape index (κ2) is 7.25. The van der Waals surface area contributed by atoms with Gasteiger partial charge in [0.2, 0.25) is 5.91 Å². The Balaban J connectivity index is 2.87. The largest absolute Gasteiger partial charge is 0.479 e. The molecule has 1 aromatic carbocycles. The molecule has 0 saturated heterocycles. The molecule has 2 unspecified atom stereocenters. The summed E-state index contributed by atoms with van der Waals surface area (Å²) in [6.07, 6.45) is -0.160. The maximum Gasteiger partial charge on any atom is 0.330 e. The Morgan fingerprint density at radius 2 is 1.95 bits per heavy atom. The Morgan fingerprint density at radius 3 is 2.37 bits per heavy atom. The quantitative estimate of drug-likeness (QED) is 0.838. The van der Waals surface area contributed by atoms with Crippen LogP contribution < -0.4 is 5.32 Å². The van der Waals surface area contributed by atoms with E-state index in [1.165, 1.54) is 7.11 Å². The number of hydrogen-bond donors (Lipinski definition) is 2. The fraction of sp³-hybridized carbons (Fsp3) is 0.385. The second-order valence-electron chi connectivity index (χ2n) is 3.96. The maximum absolute atomic E-state index is 11.9. The van der Waals surface area contributed by atoms with Crippen LogP contribution in [-0.4, -0.2) is 30.2 Å². The average molecular weight is 330 g/mol. The molecule has 0 heterocycles. The number of ether oxygens (including phenoxy) is 1. The number of carboxylic acids is 1. The van der Waals surface area contributed by atoms with Gasteiger partial charge in [-0.1, -0.05) is 35.0 Å². The highest BCUT2D eigenvalue weighted by Crippen LogP contribution is 2.17. The fourth-order valence-electron chi connectivity index (χ4n) is 1.64. The molecule has 6 heteroatoms. The van der Waals surface area contributed by atoms with Crippen LogP contribution in [0.3, 0.4) is 0 Å².